The molecule has 0 unspecified atom stereocenters. The van der Waals surface area contributed by atoms with E-state index >= 15 is 0 Å². The minimum Gasteiger partial charge on any atom is -0.633 e. The van der Waals surface area contributed by atoms with E-state index in [1.807, 2.05) is 13.8 Å². The van der Waals surface area contributed by atoms with Crippen molar-refractivity contribution in [3.8, 4) is 5.75 Å². The van der Waals surface area contributed by atoms with Gasteiger partial charge in [0.2, 0.25) is 5.91 Å². The number of alkyl halides is 3. The SMILES string of the molecule is CC(C)[C@]1(C(=O)N2COc3ccc(C(F)(F)F)cc3C2)CC[C@@H]([N+]2([O-])CCCCC2)C1. The van der Waals surface area contributed by atoms with Crippen LogP contribution in [0.25, 0.3) is 0 Å². The normalized spacial score (nSPS) is 28.4. The molecule has 0 radical (unpaired) electrons. The summed E-state index contributed by atoms with van der Waals surface area (Å²) in [6.07, 6.45) is 0.410. The van der Waals surface area contributed by atoms with Crippen LogP contribution in [0.15, 0.2) is 18.2 Å². The number of nitrogens with zero attached hydrogens (tertiary/aromatic N) is 2. The highest BCUT2D eigenvalue weighted by Crippen LogP contribution is 2.50. The lowest BCUT2D eigenvalue weighted by Crippen LogP contribution is -2.54. The predicted octanol–water partition coefficient (Wildman–Crippen LogP) is 5.08. The second-order valence-corrected chi connectivity index (χ2v) is 9.76. The lowest BCUT2D eigenvalue weighted by molar-refractivity contribution is -0.909. The van der Waals surface area contributed by atoms with Gasteiger partial charge >= 0.3 is 6.18 Å². The number of quaternary nitrogens is 1. The standard InChI is InChI=1S/C23H31F3N2O3/c1-16(2)22(9-8-19(13-22)28(30)10-4-3-5-11-28)21(29)27-14-17-12-18(23(24,25)26)6-7-20(17)31-15-27/h6-7,12,16,19H,3-5,8-11,13-15H2,1-2H3/t19-,22+/m1/s1. The van der Waals surface area contributed by atoms with Gasteiger partial charge in [-0.2, -0.15) is 13.2 Å². The number of benzene rings is 1. The van der Waals surface area contributed by atoms with Crippen molar-refractivity contribution in [2.45, 2.75) is 71.1 Å². The van der Waals surface area contributed by atoms with Gasteiger partial charge < -0.3 is 19.5 Å². The molecule has 8 heteroatoms. The molecule has 0 aromatic heterocycles. The molecule has 1 aliphatic carbocycles. The molecule has 2 aliphatic heterocycles. The molecule has 2 fully saturated rings. The summed E-state index contributed by atoms with van der Waals surface area (Å²) in [6.45, 7) is 5.36. The van der Waals surface area contributed by atoms with Gasteiger partial charge in [0.15, 0.2) is 6.73 Å². The van der Waals surface area contributed by atoms with Gasteiger partial charge in [0.05, 0.1) is 36.7 Å². The van der Waals surface area contributed by atoms with Crippen LogP contribution >= 0.6 is 0 Å². The molecular formula is C23H31F3N2O3. The smallest absolute Gasteiger partial charge is 0.416 e. The monoisotopic (exact) mass is 440 g/mol. The number of hydrogen-bond acceptors (Lipinski definition) is 3. The zero-order valence-corrected chi connectivity index (χ0v) is 18.2. The zero-order valence-electron chi connectivity index (χ0n) is 18.2. The van der Waals surface area contributed by atoms with Crippen molar-refractivity contribution in [1.82, 2.24) is 4.90 Å². The molecule has 1 saturated heterocycles. The van der Waals surface area contributed by atoms with Gasteiger partial charge in [-0.25, -0.2) is 0 Å². The quantitative estimate of drug-likeness (QED) is 0.487. The lowest BCUT2D eigenvalue weighted by Gasteiger charge is -2.51. The van der Waals surface area contributed by atoms with E-state index < -0.39 is 17.2 Å². The maximum atomic E-state index is 13.7. The predicted molar refractivity (Wildman–Crippen MR) is 110 cm³/mol. The van der Waals surface area contributed by atoms with Crippen LogP contribution in [0.3, 0.4) is 0 Å². The largest absolute Gasteiger partial charge is 0.633 e. The van der Waals surface area contributed by atoms with E-state index in [0.717, 1.165) is 37.8 Å². The van der Waals surface area contributed by atoms with E-state index in [-0.39, 0.29) is 35.8 Å². The number of hydrogen-bond donors (Lipinski definition) is 0. The van der Waals surface area contributed by atoms with Crippen molar-refractivity contribution in [3.05, 3.63) is 34.5 Å². The first-order valence-corrected chi connectivity index (χ1v) is 11.3. The molecule has 0 spiro atoms. The molecule has 1 aromatic rings. The highest BCUT2D eigenvalue weighted by Gasteiger charge is 2.53. The number of rotatable bonds is 3. The summed E-state index contributed by atoms with van der Waals surface area (Å²) in [4.78, 5) is 15.2. The van der Waals surface area contributed by atoms with Gasteiger partial charge in [-0.1, -0.05) is 13.8 Å². The Hall–Kier alpha value is -1.80. The number of hydroxylamine groups is 3. The van der Waals surface area contributed by atoms with E-state index in [1.165, 1.54) is 11.0 Å². The first-order chi connectivity index (χ1) is 14.6. The average molecular weight is 441 g/mol. The van der Waals surface area contributed by atoms with Crippen LogP contribution in [0.2, 0.25) is 0 Å². The van der Waals surface area contributed by atoms with Crippen molar-refractivity contribution in [1.29, 1.82) is 0 Å². The second kappa shape index (κ2) is 7.96. The van der Waals surface area contributed by atoms with Crippen molar-refractivity contribution < 1.29 is 27.3 Å². The van der Waals surface area contributed by atoms with Gasteiger partial charge in [-0.05, 0) is 49.8 Å². The summed E-state index contributed by atoms with van der Waals surface area (Å²) in [5.41, 5.74) is -1.04. The van der Waals surface area contributed by atoms with Crippen LogP contribution in [0.1, 0.15) is 63.5 Å². The minimum absolute atomic E-state index is 0.0215. The summed E-state index contributed by atoms with van der Waals surface area (Å²) < 4.78 is 44.8. The lowest BCUT2D eigenvalue weighted by atomic mass is 9.74. The molecule has 1 amide bonds. The molecule has 1 saturated carbocycles. The zero-order chi connectivity index (χ0) is 22.4. The molecule has 2 atom stereocenters. The molecule has 1 aromatic carbocycles. The fourth-order valence-electron chi connectivity index (χ4n) is 5.69. The average Bonchev–Trinajstić information content (AvgIpc) is 3.20. The van der Waals surface area contributed by atoms with Crippen LogP contribution in [0.5, 0.6) is 5.75 Å². The molecule has 0 bridgehead atoms. The molecule has 3 aliphatic rings. The Kier molecular flexibility index (Phi) is 5.75. The summed E-state index contributed by atoms with van der Waals surface area (Å²) in [5.74, 6) is 0.318. The van der Waals surface area contributed by atoms with Crippen LogP contribution in [0, 0.1) is 16.5 Å². The number of likely N-dealkylation sites (tertiary alicyclic amines) is 1. The number of carbonyl (C=O) groups is 1. The molecule has 4 rings (SSSR count). The summed E-state index contributed by atoms with van der Waals surface area (Å²) >= 11 is 0. The fraction of sp³-hybridized carbons (Fsp3) is 0.696. The number of fused-ring (bicyclic) bond motifs is 1. The molecular weight excluding hydrogens is 409 g/mol. The molecule has 5 nitrogen and oxygen atoms in total. The van der Waals surface area contributed by atoms with Crippen molar-refractivity contribution in [3.63, 3.8) is 0 Å². The molecule has 172 valence electrons. The van der Waals surface area contributed by atoms with Crippen molar-refractivity contribution >= 4 is 5.91 Å². The number of halogens is 3. The van der Waals surface area contributed by atoms with Crippen LogP contribution in [-0.2, 0) is 17.5 Å². The number of carbonyl (C=O) groups excluding carboxylic acids is 1. The van der Waals surface area contributed by atoms with E-state index in [1.54, 1.807) is 0 Å². The first-order valence-electron chi connectivity index (χ1n) is 11.3. The van der Waals surface area contributed by atoms with Gasteiger partial charge in [-0.3, -0.25) is 4.79 Å². The summed E-state index contributed by atoms with van der Waals surface area (Å²) in [5, 5.41) is 13.4. The molecule has 0 N–H and O–H groups in total. The molecule has 31 heavy (non-hydrogen) atoms. The number of ether oxygens (including phenoxy) is 1. The van der Waals surface area contributed by atoms with Crippen LogP contribution in [-0.4, -0.2) is 41.3 Å². The van der Waals surface area contributed by atoms with Gasteiger partial charge in [0.25, 0.3) is 0 Å². The third-order valence-corrected chi connectivity index (χ3v) is 7.71. The second-order valence-electron chi connectivity index (χ2n) is 9.76. The maximum Gasteiger partial charge on any atom is 0.416 e. The Morgan fingerprint density at radius 3 is 2.61 bits per heavy atom. The van der Waals surface area contributed by atoms with Gasteiger partial charge in [0.1, 0.15) is 5.75 Å². The molecule has 2 heterocycles. The Morgan fingerprint density at radius 1 is 1.26 bits per heavy atom. The maximum absolute atomic E-state index is 13.7. The van der Waals surface area contributed by atoms with Gasteiger partial charge in [0, 0.05) is 18.4 Å². The summed E-state index contributed by atoms with van der Waals surface area (Å²) in [7, 11) is 0. The third kappa shape index (κ3) is 4.04. The minimum atomic E-state index is -4.44. The Balaban J connectivity index is 1.55. The van der Waals surface area contributed by atoms with Crippen molar-refractivity contribution in [2.75, 3.05) is 19.8 Å². The topological polar surface area (TPSA) is 52.6 Å². The summed E-state index contributed by atoms with van der Waals surface area (Å²) in [6, 6.07) is 3.32. The third-order valence-electron chi connectivity index (χ3n) is 7.71. The van der Waals surface area contributed by atoms with E-state index in [2.05, 4.69) is 0 Å². The Bertz CT molecular complexity index is 836. The van der Waals surface area contributed by atoms with Gasteiger partial charge in [-0.15, -0.1) is 0 Å². The van der Waals surface area contributed by atoms with Crippen LogP contribution < -0.4 is 4.74 Å². The highest BCUT2D eigenvalue weighted by atomic mass is 19.4. The van der Waals surface area contributed by atoms with E-state index in [9.17, 15) is 23.2 Å². The van der Waals surface area contributed by atoms with E-state index in [0.29, 0.717) is 37.2 Å². The highest BCUT2D eigenvalue weighted by molar-refractivity contribution is 5.83. The first kappa shape index (κ1) is 22.4. The number of piperidine rings is 1. The van der Waals surface area contributed by atoms with E-state index in [4.69, 9.17) is 4.74 Å². The van der Waals surface area contributed by atoms with Crippen molar-refractivity contribution in [2.24, 2.45) is 11.3 Å². The Labute approximate surface area is 181 Å². The van der Waals surface area contributed by atoms with Crippen LogP contribution in [0.4, 0.5) is 13.2 Å². The Morgan fingerprint density at radius 2 is 1.97 bits per heavy atom. The number of amides is 1. The fourth-order valence-corrected chi connectivity index (χ4v) is 5.69.